The summed E-state index contributed by atoms with van der Waals surface area (Å²) in [6, 6.07) is 20.2. The third-order valence-electron chi connectivity index (χ3n) is 3.18. The van der Waals surface area contributed by atoms with Crippen molar-refractivity contribution in [1.29, 1.82) is 0 Å². The molecule has 1 heterocycles. The van der Waals surface area contributed by atoms with Crippen molar-refractivity contribution in [3.63, 3.8) is 0 Å². The van der Waals surface area contributed by atoms with Gasteiger partial charge in [0.05, 0.1) is 0 Å². The molecule has 0 radical (unpaired) electrons. The molecule has 21 heavy (non-hydrogen) atoms. The van der Waals surface area contributed by atoms with Gasteiger partial charge in [-0.1, -0.05) is 48.5 Å². The van der Waals surface area contributed by atoms with E-state index >= 15 is 0 Å². The number of hydrogen-bond acceptors (Lipinski definition) is 2. The summed E-state index contributed by atoms with van der Waals surface area (Å²) in [6.07, 6.45) is 1.74. The van der Waals surface area contributed by atoms with Crippen LogP contribution >= 0.6 is 15.9 Å². The Labute approximate surface area is 132 Å². The highest BCUT2D eigenvalue weighted by Gasteiger charge is 2.09. The summed E-state index contributed by atoms with van der Waals surface area (Å²) in [5.74, 6) is 1.43. The highest BCUT2D eigenvalue weighted by Crippen LogP contribution is 2.33. The summed E-state index contributed by atoms with van der Waals surface area (Å²) >= 11 is 3.41. The normalized spacial score (nSPS) is 10.4. The number of nitrogens with zero attached hydrogens (tertiary/aromatic N) is 1. The van der Waals surface area contributed by atoms with Crippen molar-refractivity contribution in [2.75, 3.05) is 0 Å². The molecule has 0 fully saturated rings. The molecule has 1 aromatic heterocycles. The molecule has 3 rings (SSSR count). The van der Waals surface area contributed by atoms with Crippen LogP contribution in [0.5, 0.6) is 11.6 Å². The Morgan fingerprint density at radius 1 is 0.952 bits per heavy atom. The zero-order chi connectivity index (χ0) is 14.7. The lowest BCUT2D eigenvalue weighted by Gasteiger charge is -2.12. The fourth-order valence-electron chi connectivity index (χ4n) is 2.15. The molecule has 0 aliphatic heterocycles. The van der Waals surface area contributed by atoms with Crippen LogP contribution in [0, 0.1) is 6.92 Å². The largest absolute Gasteiger partial charge is 0.438 e. The highest BCUT2D eigenvalue weighted by molar-refractivity contribution is 9.10. The Hall–Kier alpha value is -2.13. The van der Waals surface area contributed by atoms with E-state index in [4.69, 9.17) is 4.74 Å². The quantitative estimate of drug-likeness (QED) is 0.618. The zero-order valence-electron chi connectivity index (χ0n) is 11.6. The van der Waals surface area contributed by atoms with E-state index < -0.39 is 0 Å². The first-order valence-electron chi connectivity index (χ1n) is 6.68. The van der Waals surface area contributed by atoms with Crippen LogP contribution in [0.4, 0.5) is 0 Å². The minimum absolute atomic E-state index is 0.626. The maximum absolute atomic E-state index is 6.02. The number of halogens is 1. The molecule has 0 amide bonds. The molecule has 0 N–H and O–H groups in total. The predicted octanol–water partition coefficient (Wildman–Crippen LogP) is 5.61. The Balaban J connectivity index is 2.00. The monoisotopic (exact) mass is 339 g/mol. The number of benzene rings is 2. The maximum Gasteiger partial charge on any atom is 0.222 e. The van der Waals surface area contributed by atoms with Crippen LogP contribution in [0.2, 0.25) is 0 Å². The van der Waals surface area contributed by atoms with Gasteiger partial charge in [-0.25, -0.2) is 4.98 Å². The summed E-state index contributed by atoms with van der Waals surface area (Å²) in [7, 11) is 0. The third-order valence-corrected chi connectivity index (χ3v) is 3.61. The van der Waals surface area contributed by atoms with Crippen LogP contribution in [-0.2, 0) is 0 Å². The predicted molar refractivity (Wildman–Crippen MR) is 88.6 cm³/mol. The van der Waals surface area contributed by atoms with Crippen molar-refractivity contribution in [3.8, 4) is 22.8 Å². The second kappa shape index (κ2) is 6.10. The molecule has 2 aromatic carbocycles. The van der Waals surface area contributed by atoms with E-state index in [1.165, 1.54) is 0 Å². The molecular weight excluding hydrogens is 326 g/mol. The van der Waals surface area contributed by atoms with Crippen LogP contribution in [0.1, 0.15) is 5.56 Å². The number of aromatic nitrogens is 1. The molecule has 3 heteroatoms. The molecule has 2 nitrogen and oxygen atoms in total. The highest BCUT2D eigenvalue weighted by atomic mass is 79.9. The van der Waals surface area contributed by atoms with Gasteiger partial charge in [0.1, 0.15) is 5.75 Å². The van der Waals surface area contributed by atoms with E-state index in [0.717, 1.165) is 26.9 Å². The van der Waals surface area contributed by atoms with Crippen molar-refractivity contribution < 1.29 is 4.74 Å². The lowest BCUT2D eigenvalue weighted by Crippen LogP contribution is -1.93. The fourth-order valence-corrected chi connectivity index (χ4v) is 2.60. The van der Waals surface area contributed by atoms with Crippen molar-refractivity contribution in [2.45, 2.75) is 6.92 Å². The first-order valence-corrected chi connectivity index (χ1v) is 7.48. The van der Waals surface area contributed by atoms with Gasteiger partial charge in [0.15, 0.2) is 0 Å². The van der Waals surface area contributed by atoms with Gasteiger partial charge in [-0.05, 0) is 40.5 Å². The van der Waals surface area contributed by atoms with E-state index in [1.54, 1.807) is 6.20 Å². The SMILES string of the molecule is Cc1cc(Br)cnc1Oc1ccccc1-c1ccccc1. The Morgan fingerprint density at radius 3 is 2.43 bits per heavy atom. The standard InChI is InChI=1S/C18H14BrNO/c1-13-11-15(19)12-20-18(13)21-17-10-6-5-9-16(17)14-7-3-2-4-8-14/h2-12H,1H3. The first-order chi connectivity index (χ1) is 10.2. The lowest BCUT2D eigenvalue weighted by atomic mass is 10.1. The number of hydrogen-bond donors (Lipinski definition) is 0. The Bertz CT molecular complexity index is 756. The molecule has 104 valence electrons. The Kier molecular flexibility index (Phi) is 4.02. The van der Waals surface area contributed by atoms with Crippen LogP contribution in [0.3, 0.4) is 0 Å². The average molecular weight is 340 g/mol. The molecule has 0 aliphatic carbocycles. The Morgan fingerprint density at radius 2 is 1.67 bits per heavy atom. The van der Waals surface area contributed by atoms with E-state index in [0.29, 0.717) is 5.88 Å². The fraction of sp³-hybridized carbons (Fsp3) is 0.0556. The second-order valence-electron chi connectivity index (χ2n) is 4.74. The van der Waals surface area contributed by atoms with Crippen LogP contribution < -0.4 is 4.74 Å². The second-order valence-corrected chi connectivity index (χ2v) is 5.66. The van der Waals surface area contributed by atoms with Gasteiger partial charge in [0.2, 0.25) is 5.88 Å². The third kappa shape index (κ3) is 3.14. The number of aryl methyl sites for hydroxylation is 1. The van der Waals surface area contributed by atoms with Gasteiger partial charge < -0.3 is 4.74 Å². The molecule has 0 spiro atoms. The molecule has 0 atom stereocenters. The summed E-state index contributed by atoms with van der Waals surface area (Å²) in [5, 5.41) is 0. The van der Waals surface area contributed by atoms with Crippen LogP contribution in [0.15, 0.2) is 71.3 Å². The summed E-state index contributed by atoms with van der Waals surface area (Å²) in [4.78, 5) is 4.34. The minimum atomic E-state index is 0.626. The maximum atomic E-state index is 6.02. The molecule has 0 bridgehead atoms. The number of ether oxygens (including phenoxy) is 1. The van der Waals surface area contributed by atoms with E-state index in [9.17, 15) is 0 Å². The van der Waals surface area contributed by atoms with Gasteiger partial charge >= 0.3 is 0 Å². The van der Waals surface area contributed by atoms with E-state index in [1.807, 2.05) is 49.4 Å². The molecule has 3 aromatic rings. The van der Waals surface area contributed by atoms with Gasteiger partial charge in [-0.15, -0.1) is 0 Å². The lowest BCUT2D eigenvalue weighted by molar-refractivity contribution is 0.460. The van der Waals surface area contributed by atoms with Crippen molar-refractivity contribution in [3.05, 3.63) is 76.9 Å². The molecule has 0 saturated carbocycles. The number of rotatable bonds is 3. The van der Waals surface area contributed by atoms with Crippen LogP contribution in [-0.4, -0.2) is 4.98 Å². The minimum Gasteiger partial charge on any atom is -0.438 e. The summed E-state index contributed by atoms with van der Waals surface area (Å²) in [6.45, 7) is 1.98. The zero-order valence-corrected chi connectivity index (χ0v) is 13.2. The van der Waals surface area contributed by atoms with Crippen LogP contribution in [0.25, 0.3) is 11.1 Å². The van der Waals surface area contributed by atoms with Gasteiger partial charge in [-0.2, -0.15) is 0 Å². The average Bonchev–Trinajstić information content (AvgIpc) is 2.51. The topological polar surface area (TPSA) is 22.1 Å². The molecule has 0 saturated heterocycles. The number of para-hydroxylation sites is 1. The summed E-state index contributed by atoms with van der Waals surface area (Å²) in [5.41, 5.74) is 3.18. The molecule has 0 aliphatic rings. The smallest absolute Gasteiger partial charge is 0.222 e. The summed E-state index contributed by atoms with van der Waals surface area (Å²) < 4.78 is 6.97. The van der Waals surface area contributed by atoms with Gasteiger partial charge in [-0.3, -0.25) is 0 Å². The van der Waals surface area contributed by atoms with Crippen molar-refractivity contribution in [2.24, 2.45) is 0 Å². The van der Waals surface area contributed by atoms with E-state index in [-0.39, 0.29) is 0 Å². The van der Waals surface area contributed by atoms with Crippen molar-refractivity contribution in [1.82, 2.24) is 4.98 Å². The van der Waals surface area contributed by atoms with E-state index in [2.05, 4.69) is 39.1 Å². The van der Waals surface area contributed by atoms with Gasteiger partial charge in [0.25, 0.3) is 0 Å². The first kappa shape index (κ1) is 13.8. The number of pyridine rings is 1. The van der Waals surface area contributed by atoms with Crippen molar-refractivity contribution >= 4 is 15.9 Å². The van der Waals surface area contributed by atoms with Gasteiger partial charge in [0, 0.05) is 21.8 Å². The molecular formula is C18H14BrNO. The molecule has 0 unspecified atom stereocenters.